The van der Waals surface area contributed by atoms with E-state index in [-0.39, 0.29) is 5.56 Å². The Morgan fingerprint density at radius 3 is 2.65 bits per heavy atom. The van der Waals surface area contributed by atoms with E-state index in [4.69, 9.17) is 0 Å². The van der Waals surface area contributed by atoms with E-state index in [9.17, 15) is 14.1 Å². The van der Waals surface area contributed by atoms with E-state index in [2.05, 4.69) is 4.98 Å². The molecule has 1 aromatic carbocycles. The van der Waals surface area contributed by atoms with Gasteiger partial charge in [0.2, 0.25) is 0 Å². The summed E-state index contributed by atoms with van der Waals surface area (Å²) in [5, 5.41) is 10.2. The second-order valence-electron chi connectivity index (χ2n) is 4.69. The lowest BCUT2D eigenvalue weighted by molar-refractivity contribution is 0.0697. The smallest absolute Gasteiger partial charge is 0.339 e. The first-order valence-electron chi connectivity index (χ1n) is 6.38. The summed E-state index contributed by atoms with van der Waals surface area (Å²) in [6.07, 6.45) is 0. The average Bonchev–Trinajstić information content (AvgIpc) is 2.46. The fourth-order valence-corrected chi connectivity index (χ4v) is 3.41. The molecule has 0 radical (unpaired) electrons. The molecular weight excluding hydrogens is 276 g/mol. The van der Waals surface area contributed by atoms with Gasteiger partial charge in [-0.2, -0.15) is 0 Å². The Balaban J connectivity index is 2.10. The Labute approximate surface area is 118 Å². The molecule has 0 bridgehead atoms. The molecule has 1 saturated heterocycles. The van der Waals surface area contributed by atoms with Crippen LogP contribution in [0.15, 0.2) is 30.3 Å². The van der Waals surface area contributed by atoms with E-state index in [0.717, 1.165) is 10.9 Å². The molecular formula is C14H14N2O3S. The lowest BCUT2D eigenvalue weighted by atomic mass is 10.1. The number of hydrogen-bond acceptors (Lipinski definition) is 4. The Kier molecular flexibility index (Phi) is 3.40. The molecule has 0 atom stereocenters. The molecule has 0 amide bonds. The quantitative estimate of drug-likeness (QED) is 0.907. The lowest BCUT2D eigenvalue weighted by Crippen LogP contribution is -2.39. The van der Waals surface area contributed by atoms with Crippen molar-refractivity contribution in [3.8, 4) is 0 Å². The third kappa shape index (κ3) is 2.38. The number of aromatic nitrogens is 1. The van der Waals surface area contributed by atoms with Gasteiger partial charge in [0.15, 0.2) is 0 Å². The minimum atomic E-state index is -0.982. The van der Waals surface area contributed by atoms with Crippen LogP contribution < -0.4 is 4.90 Å². The zero-order valence-corrected chi connectivity index (χ0v) is 11.6. The number of fused-ring (bicyclic) bond motifs is 1. The third-order valence-corrected chi connectivity index (χ3v) is 4.69. The minimum Gasteiger partial charge on any atom is -0.478 e. The first-order chi connectivity index (χ1) is 9.65. The highest BCUT2D eigenvalue weighted by molar-refractivity contribution is 7.85. The number of para-hydroxylation sites is 1. The van der Waals surface area contributed by atoms with Gasteiger partial charge in [-0.15, -0.1) is 0 Å². The normalized spacial score (nSPS) is 16.5. The number of anilines is 1. The van der Waals surface area contributed by atoms with Crippen molar-refractivity contribution < 1.29 is 14.1 Å². The van der Waals surface area contributed by atoms with Gasteiger partial charge in [0.25, 0.3) is 0 Å². The van der Waals surface area contributed by atoms with Crippen LogP contribution >= 0.6 is 0 Å². The van der Waals surface area contributed by atoms with Crippen molar-refractivity contribution >= 4 is 33.5 Å². The molecule has 5 nitrogen and oxygen atoms in total. The van der Waals surface area contributed by atoms with Gasteiger partial charge in [-0.1, -0.05) is 18.2 Å². The predicted molar refractivity (Wildman–Crippen MR) is 78.8 cm³/mol. The van der Waals surface area contributed by atoms with Crippen LogP contribution in [0, 0.1) is 0 Å². The largest absolute Gasteiger partial charge is 0.478 e. The standard InChI is InChI=1S/C14H14N2O3S/c17-14(18)11-9-10-3-1-2-4-12(10)15-13(11)16-5-7-20(19)8-6-16/h1-4,9H,5-8H2,(H,17,18). The molecule has 1 aliphatic rings. The molecule has 6 heteroatoms. The van der Waals surface area contributed by atoms with Gasteiger partial charge in [-0.25, -0.2) is 9.78 Å². The number of carboxylic acid groups (broad SMARTS) is 1. The van der Waals surface area contributed by atoms with Crippen molar-refractivity contribution in [2.45, 2.75) is 0 Å². The molecule has 20 heavy (non-hydrogen) atoms. The zero-order chi connectivity index (χ0) is 14.1. The molecule has 0 aliphatic carbocycles. The summed E-state index contributed by atoms with van der Waals surface area (Å²) in [4.78, 5) is 17.9. The van der Waals surface area contributed by atoms with Crippen LogP contribution in [-0.2, 0) is 10.8 Å². The van der Waals surface area contributed by atoms with Gasteiger partial charge >= 0.3 is 5.97 Å². The Morgan fingerprint density at radius 1 is 1.25 bits per heavy atom. The summed E-state index contributed by atoms with van der Waals surface area (Å²) in [6, 6.07) is 9.12. The molecule has 0 unspecified atom stereocenters. The van der Waals surface area contributed by atoms with Crippen LogP contribution in [0.1, 0.15) is 10.4 Å². The number of rotatable bonds is 2. The summed E-state index contributed by atoms with van der Waals surface area (Å²) in [5.74, 6) is 0.624. The van der Waals surface area contributed by atoms with Gasteiger partial charge in [0.05, 0.1) is 5.52 Å². The van der Waals surface area contributed by atoms with Gasteiger partial charge in [-0.05, 0) is 12.1 Å². The second-order valence-corrected chi connectivity index (χ2v) is 6.39. The van der Waals surface area contributed by atoms with Gasteiger partial charge < -0.3 is 10.0 Å². The summed E-state index contributed by atoms with van der Waals surface area (Å²) >= 11 is 0. The number of hydrogen-bond donors (Lipinski definition) is 1. The highest BCUT2D eigenvalue weighted by Crippen LogP contribution is 2.24. The third-order valence-electron chi connectivity index (χ3n) is 3.41. The number of carbonyl (C=O) groups is 1. The molecule has 1 N–H and O–H groups in total. The molecule has 2 heterocycles. The highest BCUT2D eigenvalue weighted by Gasteiger charge is 2.22. The number of nitrogens with zero attached hydrogens (tertiary/aromatic N) is 2. The van der Waals surface area contributed by atoms with Crippen LogP contribution in [0.5, 0.6) is 0 Å². The second kappa shape index (κ2) is 5.20. The Hall–Kier alpha value is -1.95. The fourth-order valence-electron chi connectivity index (χ4n) is 2.35. The number of pyridine rings is 1. The van der Waals surface area contributed by atoms with Crippen LogP contribution in [0.3, 0.4) is 0 Å². The average molecular weight is 290 g/mol. The lowest BCUT2D eigenvalue weighted by Gasteiger charge is -2.28. The Morgan fingerprint density at radius 2 is 1.95 bits per heavy atom. The molecule has 3 rings (SSSR count). The molecule has 0 spiro atoms. The van der Waals surface area contributed by atoms with E-state index in [1.165, 1.54) is 0 Å². The van der Waals surface area contributed by atoms with E-state index in [0.29, 0.717) is 30.4 Å². The van der Waals surface area contributed by atoms with Crippen LogP contribution in [-0.4, -0.2) is 44.9 Å². The zero-order valence-electron chi connectivity index (χ0n) is 10.8. The first kappa shape index (κ1) is 13.1. The minimum absolute atomic E-state index is 0.205. The van der Waals surface area contributed by atoms with Gasteiger partial charge in [0.1, 0.15) is 11.4 Å². The molecule has 104 valence electrons. The predicted octanol–water partition coefficient (Wildman–Crippen LogP) is 1.50. The summed E-state index contributed by atoms with van der Waals surface area (Å²) < 4.78 is 11.4. The molecule has 1 aromatic heterocycles. The van der Waals surface area contributed by atoms with Crippen molar-refractivity contribution in [3.05, 3.63) is 35.9 Å². The molecule has 1 fully saturated rings. The highest BCUT2D eigenvalue weighted by atomic mass is 32.2. The molecule has 1 aliphatic heterocycles. The fraction of sp³-hybridized carbons (Fsp3) is 0.286. The van der Waals surface area contributed by atoms with Crippen molar-refractivity contribution in [1.82, 2.24) is 4.98 Å². The maximum atomic E-state index is 11.4. The summed E-state index contributed by atoms with van der Waals surface area (Å²) in [7, 11) is -0.796. The van der Waals surface area contributed by atoms with Crippen molar-refractivity contribution in [1.29, 1.82) is 0 Å². The van der Waals surface area contributed by atoms with E-state index >= 15 is 0 Å². The number of carboxylic acids is 1. The van der Waals surface area contributed by atoms with E-state index in [1.807, 2.05) is 29.2 Å². The monoisotopic (exact) mass is 290 g/mol. The van der Waals surface area contributed by atoms with Gasteiger partial charge in [-0.3, -0.25) is 4.21 Å². The van der Waals surface area contributed by atoms with Crippen LogP contribution in [0.25, 0.3) is 10.9 Å². The summed E-state index contributed by atoms with van der Waals surface area (Å²) in [6.45, 7) is 1.16. The Bertz CT molecular complexity index is 692. The number of aromatic carboxylic acids is 1. The molecule has 2 aromatic rings. The first-order valence-corrected chi connectivity index (χ1v) is 7.87. The SMILES string of the molecule is O=C(O)c1cc2ccccc2nc1N1CCS(=O)CC1. The van der Waals surface area contributed by atoms with E-state index in [1.54, 1.807) is 6.07 Å². The number of benzene rings is 1. The maximum Gasteiger partial charge on any atom is 0.339 e. The van der Waals surface area contributed by atoms with Crippen LogP contribution in [0.2, 0.25) is 0 Å². The summed E-state index contributed by atoms with van der Waals surface area (Å²) in [5.41, 5.74) is 0.982. The van der Waals surface area contributed by atoms with Crippen molar-refractivity contribution in [2.24, 2.45) is 0 Å². The van der Waals surface area contributed by atoms with Crippen molar-refractivity contribution in [2.75, 3.05) is 29.5 Å². The topological polar surface area (TPSA) is 70.5 Å². The molecule has 0 saturated carbocycles. The van der Waals surface area contributed by atoms with E-state index < -0.39 is 16.8 Å². The maximum absolute atomic E-state index is 11.4. The van der Waals surface area contributed by atoms with Gasteiger partial charge in [0, 0.05) is 40.8 Å². The van der Waals surface area contributed by atoms with Crippen LogP contribution in [0.4, 0.5) is 5.82 Å². The van der Waals surface area contributed by atoms with Crippen molar-refractivity contribution in [3.63, 3.8) is 0 Å².